The molecule has 29 heavy (non-hydrogen) atoms. The summed E-state index contributed by atoms with van der Waals surface area (Å²) in [5.74, 6) is 0.711. The zero-order chi connectivity index (χ0) is 20.1. The van der Waals surface area contributed by atoms with Crippen LogP contribution in [0.1, 0.15) is 61.1 Å². The minimum atomic E-state index is -0.410. The third kappa shape index (κ3) is 5.09. The second kappa shape index (κ2) is 9.59. The molecule has 3 heterocycles. The van der Waals surface area contributed by atoms with Gasteiger partial charge in [-0.05, 0) is 63.3 Å². The lowest BCUT2D eigenvalue weighted by Gasteiger charge is -2.32. The molecule has 0 aliphatic carbocycles. The van der Waals surface area contributed by atoms with Gasteiger partial charge in [0.2, 0.25) is 0 Å². The van der Waals surface area contributed by atoms with Crippen LogP contribution in [0.2, 0.25) is 0 Å². The van der Waals surface area contributed by atoms with Crippen molar-refractivity contribution in [3.05, 3.63) is 63.7 Å². The van der Waals surface area contributed by atoms with Crippen LogP contribution in [-0.4, -0.2) is 41.1 Å². The maximum absolute atomic E-state index is 12.3. The second-order valence-electron chi connectivity index (χ2n) is 8.53. The zero-order valence-corrected chi connectivity index (χ0v) is 17.2. The molecule has 5 nitrogen and oxygen atoms in total. The van der Waals surface area contributed by atoms with Crippen LogP contribution in [0.3, 0.4) is 0 Å². The monoisotopic (exact) mass is 396 g/mol. The molecular formula is C24H32N2O3. The van der Waals surface area contributed by atoms with Crippen LogP contribution >= 0.6 is 0 Å². The summed E-state index contributed by atoms with van der Waals surface area (Å²) in [4.78, 5) is 17.0. The average molecular weight is 397 g/mol. The number of benzene rings is 1. The summed E-state index contributed by atoms with van der Waals surface area (Å²) in [5.41, 5.74) is 2.14. The normalized spacial score (nSPS) is 19.9. The van der Waals surface area contributed by atoms with Gasteiger partial charge in [-0.2, -0.15) is 0 Å². The molecular weight excluding hydrogens is 364 g/mol. The van der Waals surface area contributed by atoms with Gasteiger partial charge < -0.3 is 9.52 Å². The molecule has 0 bridgehead atoms. The van der Waals surface area contributed by atoms with E-state index in [4.69, 9.17) is 4.42 Å². The van der Waals surface area contributed by atoms with Crippen LogP contribution < -0.4 is 5.63 Å². The van der Waals surface area contributed by atoms with E-state index in [1.54, 1.807) is 0 Å². The van der Waals surface area contributed by atoms with Crippen LogP contribution in [0.15, 0.2) is 45.8 Å². The summed E-state index contributed by atoms with van der Waals surface area (Å²) in [6, 6.07) is 10.7. The SMILES string of the molecule is O=c1occ(CN2CCCCCC2)c(O)c1CN1CCC(c2ccccc2)CC1. The van der Waals surface area contributed by atoms with Crippen LogP contribution in [0.4, 0.5) is 0 Å². The molecule has 1 aromatic carbocycles. The van der Waals surface area contributed by atoms with E-state index >= 15 is 0 Å². The van der Waals surface area contributed by atoms with Crippen LogP contribution in [0.5, 0.6) is 5.75 Å². The first-order valence-corrected chi connectivity index (χ1v) is 11.0. The van der Waals surface area contributed by atoms with Gasteiger partial charge in [0.25, 0.3) is 0 Å². The topological polar surface area (TPSA) is 56.9 Å². The van der Waals surface area contributed by atoms with Crippen LogP contribution in [0, 0.1) is 0 Å². The minimum Gasteiger partial charge on any atom is -0.507 e. The molecule has 0 saturated carbocycles. The smallest absolute Gasteiger partial charge is 0.343 e. The second-order valence-corrected chi connectivity index (χ2v) is 8.53. The predicted molar refractivity (Wildman–Crippen MR) is 114 cm³/mol. The van der Waals surface area contributed by atoms with Gasteiger partial charge in [-0.25, -0.2) is 4.79 Å². The van der Waals surface area contributed by atoms with Crippen LogP contribution in [0.25, 0.3) is 0 Å². The molecule has 0 unspecified atom stereocenters. The van der Waals surface area contributed by atoms with Crippen molar-refractivity contribution in [2.45, 2.75) is 57.5 Å². The summed E-state index contributed by atoms with van der Waals surface area (Å²) < 4.78 is 5.31. The highest BCUT2D eigenvalue weighted by molar-refractivity contribution is 5.36. The Morgan fingerprint density at radius 1 is 0.897 bits per heavy atom. The van der Waals surface area contributed by atoms with Crippen molar-refractivity contribution < 1.29 is 9.52 Å². The van der Waals surface area contributed by atoms with E-state index in [0.29, 0.717) is 24.6 Å². The first-order chi connectivity index (χ1) is 14.2. The fourth-order valence-electron chi connectivity index (χ4n) is 4.70. The third-order valence-corrected chi connectivity index (χ3v) is 6.48. The Morgan fingerprint density at radius 2 is 1.55 bits per heavy atom. The number of piperidine rings is 1. The third-order valence-electron chi connectivity index (χ3n) is 6.48. The number of aromatic hydroxyl groups is 1. The van der Waals surface area contributed by atoms with E-state index in [-0.39, 0.29) is 5.75 Å². The fraction of sp³-hybridized carbons (Fsp3) is 0.542. The molecule has 1 aromatic heterocycles. The fourth-order valence-corrected chi connectivity index (χ4v) is 4.70. The Bertz CT molecular complexity index is 833. The molecule has 4 rings (SSSR count). The van der Waals surface area contributed by atoms with Crippen molar-refractivity contribution >= 4 is 0 Å². The van der Waals surface area contributed by atoms with E-state index in [0.717, 1.165) is 44.6 Å². The molecule has 5 heteroatoms. The van der Waals surface area contributed by atoms with Gasteiger partial charge in [0.05, 0.1) is 5.56 Å². The molecule has 0 atom stereocenters. The Hall–Kier alpha value is -2.11. The first-order valence-electron chi connectivity index (χ1n) is 11.0. The molecule has 2 saturated heterocycles. The molecule has 0 radical (unpaired) electrons. The molecule has 2 fully saturated rings. The van der Waals surface area contributed by atoms with Crippen molar-refractivity contribution in [2.24, 2.45) is 0 Å². The largest absolute Gasteiger partial charge is 0.507 e. The highest BCUT2D eigenvalue weighted by Crippen LogP contribution is 2.30. The Morgan fingerprint density at radius 3 is 2.24 bits per heavy atom. The summed E-state index contributed by atoms with van der Waals surface area (Å²) in [6.07, 6.45) is 8.54. The van der Waals surface area contributed by atoms with E-state index in [2.05, 4.69) is 40.1 Å². The molecule has 0 amide bonds. The molecule has 0 spiro atoms. The summed E-state index contributed by atoms with van der Waals surface area (Å²) in [6.45, 7) is 5.05. The molecule has 1 N–H and O–H groups in total. The van der Waals surface area contributed by atoms with E-state index in [1.807, 2.05) is 0 Å². The summed E-state index contributed by atoms with van der Waals surface area (Å²) in [5, 5.41) is 10.8. The Balaban J connectivity index is 1.40. The predicted octanol–water partition coefficient (Wildman–Crippen LogP) is 4.10. The van der Waals surface area contributed by atoms with E-state index in [1.165, 1.54) is 37.5 Å². The lowest BCUT2D eigenvalue weighted by Crippen LogP contribution is -2.34. The number of nitrogens with zero attached hydrogens (tertiary/aromatic N) is 2. The number of hydrogen-bond acceptors (Lipinski definition) is 5. The van der Waals surface area contributed by atoms with Crippen molar-refractivity contribution in [3.8, 4) is 5.75 Å². The van der Waals surface area contributed by atoms with Gasteiger partial charge in [0, 0.05) is 18.7 Å². The lowest BCUT2D eigenvalue weighted by atomic mass is 9.89. The quantitative estimate of drug-likeness (QED) is 0.825. The summed E-state index contributed by atoms with van der Waals surface area (Å²) >= 11 is 0. The van der Waals surface area contributed by atoms with E-state index < -0.39 is 5.63 Å². The highest BCUT2D eigenvalue weighted by Gasteiger charge is 2.24. The minimum absolute atomic E-state index is 0.135. The Kier molecular flexibility index (Phi) is 6.67. The van der Waals surface area contributed by atoms with Crippen molar-refractivity contribution in [3.63, 3.8) is 0 Å². The maximum atomic E-state index is 12.3. The summed E-state index contributed by atoms with van der Waals surface area (Å²) in [7, 11) is 0. The van der Waals surface area contributed by atoms with Gasteiger partial charge in [-0.3, -0.25) is 9.80 Å². The van der Waals surface area contributed by atoms with Crippen LogP contribution in [-0.2, 0) is 13.1 Å². The molecule has 156 valence electrons. The number of rotatable bonds is 5. The number of hydrogen-bond donors (Lipinski definition) is 1. The van der Waals surface area contributed by atoms with Gasteiger partial charge in [-0.1, -0.05) is 43.2 Å². The van der Waals surface area contributed by atoms with Gasteiger partial charge >= 0.3 is 5.63 Å². The van der Waals surface area contributed by atoms with Gasteiger partial charge in [0.15, 0.2) is 0 Å². The standard InChI is InChI=1S/C24H32N2O3/c27-23-21(16-25-12-6-1-2-7-13-25)18-29-24(28)22(23)17-26-14-10-20(11-15-26)19-8-4-3-5-9-19/h3-5,8-9,18,20,27H,1-2,6-7,10-17H2. The van der Waals surface area contributed by atoms with E-state index in [9.17, 15) is 9.90 Å². The zero-order valence-electron chi connectivity index (χ0n) is 17.2. The Labute approximate surface area is 173 Å². The first kappa shape index (κ1) is 20.2. The maximum Gasteiger partial charge on any atom is 0.343 e. The molecule has 2 aliphatic rings. The number of likely N-dealkylation sites (tertiary alicyclic amines) is 2. The molecule has 2 aromatic rings. The van der Waals surface area contributed by atoms with Crippen molar-refractivity contribution in [1.82, 2.24) is 9.80 Å². The average Bonchev–Trinajstić information content (AvgIpc) is 3.03. The van der Waals surface area contributed by atoms with Gasteiger partial charge in [0.1, 0.15) is 12.0 Å². The van der Waals surface area contributed by atoms with Gasteiger partial charge in [-0.15, -0.1) is 0 Å². The highest BCUT2D eigenvalue weighted by atomic mass is 16.4. The van der Waals surface area contributed by atoms with Crippen molar-refractivity contribution in [1.29, 1.82) is 0 Å². The lowest BCUT2D eigenvalue weighted by molar-refractivity contribution is 0.199. The molecule has 2 aliphatic heterocycles. The van der Waals surface area contributed by atoms with Crippen molar-refractivity contribution in [2.75, 3.05) is 26.2 Å².